The summed E-state index contributed by atoms with van der Waals surface area (Å²) in [5, 5.41) is 0. The minimum atomic E-state index is -2.86. The van der Waals surface area contributed by atoms with E-state index in [1.54, 1.807) is 18.2 Å². The number of ether oxygens (including phenoxy) is 2. The molecule has 0 aliphatic heterocycles. The standard InChI is InChI=1S/C17H13BrF2O3/c1-11-2-8-15(14(18)10-11)23-16(21)9-5-12-3-6-13(7-4-12)22-17(19)20/h2-10,17H,1H3/b9-5+. The molecule has 0 atom stereocenters. The van der Waals surface area contributed by atoms with Gasteiger partial charge in [0.15, 0.2) is 0 Å². The van der Waals surface area contributed by atoms with Gasteiger partial charge in [-0.2, -0.15) is 8.78 Å². The summed E-state index contributed by atoms with van der Waals surface area (Å²) >= 11 is 3.32. The maximum atomic E-state index is 12.0. The van der Waals surface area contributed by atoms with Crippen molar-refractivity contribution in [1.29, 1.82) is 0 Å². The second-order valence-electron chi connectivity index (χ2n) is 4.64. The molecule has 0 bridgehead atoms. The number of carbonyl (C=O) groups excluding carboxylic acids is 1. The van der Waals surface area contributed by atoms with E-state index in [9.17, 15) is 13.6 Å². The molecule has 0 saturated carbocycles. The van der Waals surface area contributed by atoms with Gasteiger partial charge in [0, 0.05) is 6.08 Å². The van der Waals surface area contributed by atoms with Crippen molar-refractivity contribution in [2.45, 2.75) is 13.5 Å². The maximum Gasteiger partial charge on any atom is 0.387 e. The highest BCUT2D eigenvalue weighted by molar-refractivity contribution is 9.10. The molecule has 2 rings (SSSR count). The number of rotatable bonds is 5. The summed E-state index contributed by atoms with van der Waals surface area (Å²) < 4.78 is 34.2. The maximum absolute atomic E-state index is 12.0. The van der Waals surface area contributed by atoms with Gasteiger partial charge in [0.05, 0.1) is 4.47 Å². The van der Waals surface area contributed by atoms with Crippen molar-refractivity contribution in [1.82, 2.24) is 0 Å². The van der Waals surface area contributed by atoms with Gasteiger partial charge in [-0.25, -0.2) is 4.79 Å². The zero-order chi connectivity index (χ0) is 16.8. The van der Waals surface area contributed by atoms with E-state index < -0.39 is 12.6 Å². The van der Waals surface area contributed by atoms with E-state index in [4.69, 9.17) is 4.74 Å². The van der Waals surface area contributed by atoms with Crippen LogP contribution in [0.5, 0.6) is 11.5 Å². The van der Waals surface area contributed by atoms with Crippen LogP contribution in [0.1, 0.15) is 11.1 Å². The van der Waals surface area contributed by atoms with Gasteiger partial charge in [0.1, 0.15) is 11.5 Å². The molecule has 0 radical (unpaired) electrons. The van der Waals surface area contributed by atoms with Crippen LogP contribution in [0.2, 0.25) is 0 Å². The lowest BCUT2D eigenvalue weighted by Gasteiger charge is -2.05. The summed E-state index contributed by atoms with van der Waals surface area (Å²) in [4.78, 5) is 11.8. The lowest BCUT2D eigenvalue weighted by atomic mass is 10.2. The molecule has 120 valence electrons. The number of carbonyl (C=O) groups is 1. The summed E-state index contributed by atoms with van der Waals surface area (Å²) in [5.74, 6) is -0.0586. The smallest absolute Gasteiger partial charge is 0.387 e. The molecule has 0 unspecified atom stereocenters. The zero-order valence-electron chi connectivity index (χ0n) is 12.1. The summed E-state index contributed by atoms with van der Waals surface area (Å²) in [7, 11) is 0. The van der Waals surface area contributed by atoms with Crippen molar-refractivity contribution in [3.05, 3.63) is 64.1 Å². The van der Waals surface area contributed by atoms with Crippen LogP contribution in [0.3, 0.4) is 0 Å². The van der Waals surface area contributed by atoms with Crippen LogP contribution in [-0.2, 0) is 4.79 Å². The molecular formula is C17H13BrF2O3. The van der Waals surface area contributed by atoms with Crippen LogP contribution < -0.4 is 9.47 Å². The van der Waals surface area contributed by atoms with Crippen molar-refractivity contribution in [2.24, 2.45) is 0 Å². The molecular weight excluding hydrogens is 370 g/mol. The van der Waals surface area contributed by atoms with E-state index in [0.29, 0.717) is 15.8 Å². The Morgan fingerprint density at radius 1 is 1.17 bits per heavy atom. The van der Waals surface area contributed by atoms with Crippen LogP contribution in [0.4, 0.5) is 8.78 Å². The first-order valence-corrected chi connectivity index (χ1v) is 7.44. The van der Waals surface area contributed by atoms with E-state index in [-0.39, 0.29) is 5.75 Å². The number of alkyl halides is 2. The second kappa shape index (κ2) is 7.87. The minimum Gasteiger partial charge on any atom is -0.435 e. The Hall–Kier alpha value is -2.21. The van der Waals surface area contributed by atoms with Gasteiger partial charge in [-0.05, 0) is 64.3 Å². The third-order valence-corrected chi connectivity index (χ3v) is 3.43. The number of halogens is 3. The fraction of sp³-hybridized carbons (Fsp3) is 0.118. The van der Waals surface area contributed by atoms with E-state index in [0.717, 1.165) is 5.56 Å². The van der Waals surface area contributed by atoms with Crippen LogP contribution in [0, 0.1) is 6.92 Å². The molecule has 0 heterocycles. The fourth-order valence-electron chi connectivity index (χ4n) is 1.76. The van der Waals surface area contributed by atoms with E-state index in [1.165, 1.54) is 24.3 Å². The Morgan fingerprint density at radius 2 is 1.87 bits per heavy atom. The molecule has 0 saturated heterocycles. The molecule has 0 aliphatic carbocycles. The van der Waals surface area contributed by atoms with E-state index in [2.05, 4.69) is 20.7 Å². The molecule has 0 fully saturated rings. The fourth-order valence-corrected chi connectivity index (χ4v) is 2.33. The first-order chi connectivity index (χ1) is 10.9. The lowest BCUT2D eigenvalue weighted by molar-refractivity contribution is -0.128. The predicted octanol–water partition coefficient (Wildman–Crippen LogP) is 4.98. The molecule has 6 heteroatoms. The third-order valence-electron chi connectivity index (χ3n) is 2.82. The first-order valence-electron chi connectivity index (χ1n) is 6.65. The van der Waals surface area contributed by atoms with Crippen molar-refractivity contribution in [2.75, 3.05) is 0 Å². The molecule has 23 heavy (non-hydrogen) atoms. The van der Waals surface area contributed by atoms with Crippen molar-refractivity contribution in [3.63, 3.8) is 0 Å². The highest BCUT2D eigenvalue weighted by Gasteiger charge is 2.06. The summed E-state index contributed by atoms with van der Waals surface area (Å²) in [5.41, 5.74) is 1.70. The molecule has 0 aromatic heterocycles. The number of hydrogen-bond donors (Lipinski definition) is 0. The largest absolute Gasteiger partial charge is 0.435 e. The van der Waals surface area contributed by atoms with Gasteiger partial charge in [-0.3, -0.25) is 0 Å². The van der Waals surface area contributed by atoms with Gasteiger partial charge < -0.3 is 9.47 Å². The topological polar surface area (TPSA) is 35.5 Å². The Bertz CT molecular complexity index is 712. The predicted molar refractivity (Wildman–Crippen MR) is 86.6 cm³/mol. The monoisotopic (exact) mass is 382 g/mol. The highest BCUT2D eigenvalue weighted by Crippen LogP contribution is 2.26. The van der Waals surface area contributed by atoms with Crippen LogP contribution in [0.15, 0.2) is 53.0 Å². The van der Waals surface area contributed by atoms with E-state index >= 15 is 0 Å². The third kappa shape index (κ3) is 5.49. The van der Waals surface area contributed by atoms with Crippen molar-refractivity contribution >= 4 is 28.0 Å². The lowest BCUT2D eigenvalue weighted by Crippen LogP contribution is -2.04. The second-order valence-corrected chi connectivity index (χ2v) is 5.49. The Kier molecular flexibility index (Phi) is 5.87. The zero-order valence-corrected chi connectivity index (χ0v) is 13.7. The number of hydrogen-bond acceptors (Lipinski definition) is 3. The molecule has 3 nitrogen and oxygen atoms in total. The summed E-state index contributed by atoms with van der Waals surface area (Å²) in [6.07, 6.45) is 2.78. The van der Waals surface area contributed by atoms with Crippen LogP contribution >= 0.6 is 15.9 Å². The Balaban J connectivity index is 1.97. The first kappa shape index (κ1) is 17.1. The number of aryl methyl sites for hydroxylation is 1. The van der Waals surface area contributed by atoms with Gasteiger partial charge in [0.25, 0.3) is 0 Å². The molecule has 0 N–H and O–H groups in total. The summed E-state index contributed by atoms with van der Waals surface area (Å²) in [6.45, 7) is -0.933. The van der Waals surface area contributed by atoms with Gasteiger partial charge in [-0.15, -0.1) is 0 Å². The van der Waals surface area contributed by atoms with Crippen molar-refractivity contribution < 1.29 is 23.0 Å². The van der Waals surface area contributed by atoms with Crippen LogP contribution in [0.25, 0.3) is 6.08 Å². The number of benzene rings is 2. The quantitative estimate of drug-likeness (QED) is 0.415. The highest BCUT2D eigenvalue weighted by atomic mass is 79.9. The minimum absolute atomic E-state index is 0.0586. The van der Waals surface area contributed by atoms with Gasteiger partial charge in [-0.1, -0.05) is 18.2 Å². The Labute approximate surface area is 140 Å². The van der Waals surface area contributed by atoms with Gasteiger partial charge >= 0.3 is 12.6 Å². The molecule has 0 aliphatic rings. The molecule has 0 spiro atoms. The van der Waals surface area contributed by atoms with Crippen molar-refractivity contribution in [3.8, 4) is 11.5 Å². The number of esters is 1. The molecule has 2 aromatic carbocycles. The SMILES string of the molecule is Cc1ccc(OC(=O)/C=C/c2ccc(OC(F)F)cc2)c(Br)c1. The summed E-state index contributed by atoms with van der Waals surface area (Å²) in [6, 6.07) is 11.3. The van der Waals surface area contributed by atoms with E-state index in [1.807, 2.05) is 19.1 Å². The average Bonchev–Trinajstić information content (AvgIpc) is 2.49. The molecule has 2 aromatic rings. The average molecular weight is 383 g/mol. The molecule has 0 amide bonds. The van der Waals surface area contributed by atoms with Gasteiger partial charge in [0.2, 0.25) is 0 Å². The van der Waals surface area contributed by atoms with Crippen LogP contribution in [-0.4, -0.2) is 12.6 Å². The normalized spacial score (nSPS) is 11.0. The Morgan fingerprint density at radius 3 is 2.48 bits per heavy atom.